The maximum atomic E-state index is 12.7. The van der Waals surface area contributed by atoms with Crippen LogP contribution in [0.5, 0.6) is 0 Å². The van der Waals surface area contributed by atoms with Crippen molar-refractivity contribution in [3.8, 4) is 0 Å². The number of pyridine rings is 1. The molecule has 1 aliphatic rings. The highest BCUT2D eigenvalue weighted by Crippen LogP contribution is 2.29. The number of halogens is 1. The summed E-state index contributed by atoms with van der Waals surface area (Å²) in [4.78, 5) is 49.9. The number of aromatic amines is 1. The molecule has 1 amide bonds. The monoisotopic (exact) mass is 477 g/mol. The molecular weight excluding hydrogens is 450 g/mol. The Bertz CT molecular complexity index is 1050. The molecule has 3 heterocycles. The molecule has 0 saturated carbocycles. The number of likely N-dealkylation sites (tertiary alicyclic amines) is 1. The quantitative estimate of drug-likeness (QED) is 0.608. The summed E-state index contributed by atoms with van der Waals surface area (Å²) in [5, 5.41) is 3.10. The van der Waals surface area contributed by atoms with E-state index in [0.717, 1.165) is 5.69 Å². The number of nitrogens with one attached hydrogen (secondary N) is 2. The number of aromatic nitrogens is 3. The molecule has 10 nitrogen and oxygen atoms in total. The highest BCUT2D eigenvalue weighted by atomic mass is 35.5. The number of amides is 1. The summed E-state index contributed by atoms with van der Waals surface area (Å²) in [6.07, 6.45) is 1.04. The average Bonchev–Trinajstić information content (AvgIpc) is 3.15. The minimum absolute atomic E-state index is 0.00401. The molecule has 0 unspecified atom stereocenters. The van der Waals surface area contributed by atoms with Crippen molar-refractivity contribution in [2.75, 3.05) is 25.0 Å². The third-order valence-electron chi connectivity index (χ3n) is 4.92. The first-order chi connectivity index (χ1) is 15.6. The summed E-state index contributed by atoms with van der Waals surface area (Å²) in [6.45, 7) is 7.94. The van der Waals surface area contributed by atoms with Crippen LogP contribution in [0.3, 0.4) is 0 Å². The van der Waals surface area contributed by atoms with Gasteiger partial charge >= 0.3 is 12.1 Å². The second-order valence-corrected chi connectivity index (χ2v) is 9.03. The number of esters is 1. The standard InChI is InChI=1S/C22H28ClN5O5/c1-5-32-17(29)10-15-18(23)27-20(30)19(25-15)26-16-12-28(21(31)33-22(2,3)4)11-13(16)14-8-6-7-9-24-14/h6-9,13,16H,5,10-12H2,1-4H3,(H,25,26)(H,27,30)/t13-,16+/m1/s1. The molecule has 0 bridgehead atoms. The third kappa shape index (κ3) is 6.44. The maximum Gasteiger partial charge on any atom is 0.410 e. The van der Waals surface area contributed by atoms with E-state index in [1.807, 2.05) is 12.1 Å². The minimum Gasteiger partial charge on any atom is -0.466 e. The van der Waals surface area contributed by atoms with Crippen LogP contribution >= 0.6 is 11.6 Å². The second kappa shape index (κ2) is 10.2. The molecule has 1 saturated heterocycles. The lowest BCUT2D eigenvalue weighted by atomic mass is 9.99. The largest absolute Gasteiger partial charge is 0.466 e. The first-order valence-corrected chi connectivity index (χ1v) is 11.0. The summed E-state index contributed by atoms with van der Waals surface area (Å²) in [6, 6.07) is 5.15. The predicted octanol–water partition coefficient (Wildman–Crippen LogP) is 2.74. The van der Waals surface area contributed by atoms with Crippen LogP contribution in [-0.2, 0) is 20.7 Å². The van der Waals surface area contributed by atoms with E-state index in [2.05, 4.69) is 20.3 Å². The maximum absolute atomic E-state index is 12.7. The summed E-state index contributed by atoms with van der Waals surface area (Å²) >= 11 is 6.08. The van der Waals surface area contributed by atoms with Gasteiger partial charge in [-0.2, -0.15) is 0 Å². The van der Waals surface area contributed by atoms with Crippen LogP contribution in [0, 0.1) is 0 Å². The van der Waals surface area contributed by atoms with Crippen LogP contribution in [0.2, 0.25) is 5.15 Å². The Labute approximate surface area is 196 Å². The van der Waals surface area contributed by atoms with Gasteiger partial charge in [-0.1, -0.05) is 17.7 Å². The van der Waals surface area contributed by atoms with Gasteiger partial charge in [0.1, 0.15) is 10.8 Å². The molecule has 33 heavy (non-hydrogen) atoms. The Kier molecular flexibility index (Phi) is 7.57. The zero-order chi connectivity index (χ0) is 24.2. The van der Waals surface area contributed by atoms with Crippen molar-refractivity contribution in [1.29, 1.82) is 0 Å². The molecule has 1 fully saturated rings. The fourth-order valence-electron chi connectivity index (χ4n) is 3.53. The first-order valence-electron chi connectivity index (χ1n) is 10.7. The molecule has 2 aromatic rings. The number of carbonyl (C=O) groups excluding carboxylic acids is 2. The number of ether oxygens (including phenoxy) is 2. The molecular formula is C22H28ClN5O5. The van der Waals surface area contributed by atoms with Crippen LogP contribution in [0.1, 0.15) is 45.0 Å². The molecule has 3 rings (SSSR count). The predicted molar refractivity (Wildman–Crippen MR) is 122 cm³/mol. The van der Waals surface area contributed by atoms with Gasteiger partial charge in [-0.15, -0.1) is 0 Å². The number of H-pyrrole nitrogens is 1. The van der Waals surface area contributed by atoms with Gasteiger partial charge in [-0.3, -0.25) is 14.6 Å². The normalized spacial score (nSPS) is 18.2. The fourth-order valence-corrected chi connectivity index (χ4v) is 3.72. The molecule has 1 aliphatic heterocycles. The second-order valence-electron chi connectivity index (χ2n) is 8.65. The summed E-state index contributed by atoms with van der Waals surface area (Å²) in [5.41, 5.74) is -0.227. The van der Waals surface area contributed by atoms with E-state index in [0.29, 0.717) is 6.54 Å². The molecule has 0 aromatic carbocycles. The molecule has 2 atom stereocenters. The highest BCUT2D eigenvalue weighted by Gasteiger charge is 2.39. The number of hydrogen-bond acceptors (Lipinski definition) is 8. The Hall–Kier alpha value is -3.14. The first kappa shape index (κ1) is 24.5. The topological polar surface area (TPSA) is 127 Å². The number of rotatable bonds is 6. The van der Waals surface area contributed by atoms with E-state index in [1.165, 1.54) is 0 Å². The van der Waals surface area contributed by atoms with E-state index in [4.69, 9.17) is 21.1 Å². The van der Waals surface area contributed by atoms with Crippen molar-refractivity contribution in [3.63, 3.8) is 0 Å². The molecule has 2 N–H and O–H groups in total. The summed E-state index contributed by atoms with van der Waals surface area (Å²) in [5.74, 6) is -0.729. The van der Waals surface area contributed by atoms with E-state index in [1.54, 1.807) is 44.9 Å². The van der Waals surface area contributed by atoms with Crippen molar-refractivity contribution in [3.05, 3.63) is 51.3 Å². The van der Waals surface area contributed by atoms with Gasteiger partial charge in [-0.05, 0) is 39.8 Å². The van der Waals surface area contributed by atoms with Crippen LogP contribution in [0.4, 0.5) is 10.6 Å². The third-order valence-corrected chi connectivity index (χ3v) is 5.23. The lowest BCUT2D eigenvalue weighted by Gasteiger charge is -2.24. The Morgan fingerprint density at radius 2 is 2.06 bits per heavy atom. The Morgan fingerprint density at radius 1 is 1.30 bits per heavy atom. The number of hydrogen-bond donors (Lipinski definition) is 2. The number of anilines is 1. The van der Waals surface area contributed by atoms with E-state index in [-0.39, 0.29) is 48.2 Å². The van der Waals surface area contributed by atoms with E-state index < -0.39 is 23.2 Å². The average molecular weight is 478 g/mol. The number of carbonyl (C=O) groups is 2. The highest BCUT2D eigenvalue weighted by molar-refractivity contribution is 6.30. The van der Waals surface area contributed by atoms with E-state index in [9.17, 15) is 14.4 Å². The Balaban J connectivity index is 1.87. The summed E-state index contributed by atoms with van der Waals surface area (Å²) in [7, 11) is 0. The Morgan fingerprint density at radius 3 is 2.70 bits per heavy atom. The van der Waals surface area contributed by atoms with Crippen molar-refractivity contribution in [1.82, 2.24) is 19.9 Å². The molecule has 11 heteroatoms. The van der Waals surface area contributed by atoms with Crippen molar-refractivity contribution in [2.24, 2.45) is 0 Å². The van der Waals surface area contributed by atoms with E-state index >= 15 is 0 Å². The summed E-state index contributed by atoms with van der Waals surface area (Å²) < 4.78 is 10.5. The molecule has 0 spiro atoms. The van der Waals surface area contributed by atoms with Crippen LogP contribution < -0.4 is 10.9 Å². The van der Waals surface area contributed by atoms with Crippen molar-refractivity contribution >= 4 is 29.5 Å². The van der Waals surface area contributed by atoms with Crippen molar-refractivity contribution in [2.45, 2.75) is 51.7 Å². The minimum atomic E-state index is -0.639. The van der Waals surface area contributed by atoms with Crippen LogP contribution in [0.25, 0.3) is 0 Å². The van der Waals surface area contributed by atoms with Gasteiger partial charge < -0.3 is 24.7 Å². The smallest absolute Gasteiger partial charge is 0.410 e. The van der Waals surface area contributed by atoms with Gasteiger partial charge in [0.15, 0.2) is 5.82 Å². The lowest BCUT2D eigenvalue weighted by Crippen LogP contribution is -2.37. The fraction of sp³-hybridized carbons (Fsp3) is 0.500. The molecule has 0 radical (unpaired) electrons. The van der Waals surface area contributed by atoms with Gasteiger partial charge in [-0.25, -0.2) is 9.78 Å². The SMILES string of the molecule is CCOC(=O)Cc1nc(N[C@H]2CN(C(=O)OC(C)(C)C)C[C@@H]2c2ccccn2)c(=O)[nH]c1Cl. The molecule has 2 aromatic heterocycles. The number of nitrogens with zero attached hydrogens (tertiary/aromatic N) is 3. The van der Waals surface area contributed by atoms with Gasteiger partial charge in [0.25, 0.3) is 5.56 Å². The zero-order valence-electron chi connectivity index (χ0n) is 19.1. The molecule has 178 valence electrons. The zero-order valence-corrected chi connectivity index (χ0v) is 19.8. The van der Waals surface area contributed by atoms with Gasteiger partial charge in [0.2, 0.25) is 0 Å². The van der Waals surface area contributed by atoms with Crippen molar-refractivity contribution < 1.29 is 19.1 Å². The van der Waals surface area contributed by atoms with Crippen LogP contribution in [0.15, 0.2) is 29.2 Å². The van der Waals surface area contributed by atoms with Gasteiger partial charge in [0, 0.05) is 30.9 Å². The van der Waals surface area contributed by atoms with Gasteiger partial charge in [0.05, 0.1) is 24.8 Å². The lowest BCUT2D eigenvalue weighted by molar-refractivity contribution is -0.142. The molecule has 0 aliphatic carbocycles. The van der Waals surface area contributed by atoms with Crippen LogP contribution in [-0.4, -0.2) is 63.3 Å².